The Morgan fingerprint density at radius 2 is 1.67 bits per heavy atom. The van der Waals surface area contributed by atoms with E-state index in [2.05, 4.69) is 51.8 Å². The Morgan fingerprint density at radius 3 is 2.40 bits per heavy atom. The lowest BCUT2D eigenvalue weighted by molar-refractivity contribution is 0.306. The minimum absolute atomic E-state index is 0.0500. The van der Waals surface area contributed by atoms with Gasteiger partial charge in [0.05, 0.1) is 17.4 Å². The number of aromatic nitrogens is 6. The van der Waals surface area contributed by atoms with Crippen molar-refractivity contribution in [3.8, 4) is 28.3 Å². The molecule has 0 aliphatic rings. The van der Waals surface area contributed by atoms with Crippen LogP contribution in [0, 0.1) is 0 Å². The van der Waals surface area contributed by atoms with E-state index in [0.717, 1.165) is 52.9 Å². The molecule has 1 N–H and O–H groups in total. The van der Waals surface area contributed by atoms with Crippen LogP contribution in [0.2, 0.25) is 5.02 Å². The second kappa shape index (κ2) is 12.4. The van der Waals surface area contributed by atoms with Crippen molar-refractivity contribution >= 4 is 22.5 Å². The van der Waals surface area contributed by atoms with E-state index in [4.69, 9.17) is 21.3 Å². The molecule has 0 atom stereocenters. The van der Waals surface area contributed by atoms with E-state index in [1.54, 1.807) is 12.1 Å². The van der Waals surface area contributed by atoms with Crippen molar-refractivity contribution in [2.24, 2.45) is 0 Å². The topological polar surface area (TPSA) is 98.6 Å². The van der Waals surface area contributed by atoms with E-state index in [1.807, 2.05) is 59.2 Å². The molecule has 0 radical (unpaired) electrons. The molecule has 0 fully saturated rings. The molecule has 2 heterocycles. The van der Waals surface area contributed by atoms with E-state index in [0.29, 0.717) is 40.7 Å². The van der Waals surface area contributed by atoms with Gasteiger partial charge in [-0.2, -0.15) is 5.21 Å². The zero-order chi connectivity index (χ0) is 28.9. The summed E-state index contributed by atoms with van der Waals surface area (Å²) in [6, 6.07) is 29.2. The molecule has 0 saturated heterocycles. The summed E-state index contributed by atoms with van der Waals surface area (Å²) in [7, 11) is 0. The SMILES string of the molecule is CCCCc1nc2ccc(COc3ccc(Cl)cc3)cc2c(=O)n1Cc1ccc(-c2ccccc2-c2nn[nH]n2)cc1. The third kappa shape index (κ3) is 5.94. The number of rotatable bonds is 10. The summed E-state index contributed by atoms with van der Waals surface area (Å²) >= 11 is 5.98. The van der Waals surface area contributed by atoms with Crippen LogP contribution >= 0.6 is 11.6 Å². The lowest BCUT2D eigenvalue weighted by Gasteiger charge is -2.15. The second-order valence-corrected chi connectivity index (χ2v) is 10.5. The molecule has 210 valence electrons. The lowest BCUT2D eigenvalue weighted by atomic mass is 9.98. The molecule has 0 unspecified atom stereocenters. The highest BCUT2D eigenvalue weighted by Gasteiger charge is 2.14. The van der Waals surface area contributed by atoms with Crippen LogP contribution in [0.1, 0.15) is 36.7 Å². The number of fused-ring (bicyclic) bond motifs is 1. The van der Waals surface area contributed by atoms with Crippen LogP contribution < -0.4 is 10.3 Å². The van der Waals surface area contributed by atoms with Crippen LogP contribution in [0.15, 0.2) is 95.8 Å². The average Bonchev–Trinajstić information content (AvgIpc) is 3.57. The van der Waals surface area contributed by atoms with Gasteiger partial charge in [-0.1, -0.05) is 79.5 Å². The maximum atomic E-state index is 13.9. The number of halogens is 1. The van der Waals surface area contributed by atoms with Gasteiger partial charge in [-0.15, -0.1) is 10.2 Å². The van der Waals surface area contributed by atoms with Crippen molar-refractivity contribution in [3.05, 3.63) is 123 Å². The number of unbranched alkanes of at least 4 members (excludes halogenated alkanes) is 1. The summed E-state index contributed by atoms with van der Waals surface area (Å²) in [4.78, 5) is 18.8. The highest BCUT2D eigenvalue weighted by Crippen LogP contribution is 2.30. The van der Waals surface area contributed by atoms with Gasteiger partial charge in [-0.3, -0.25) is 9.36 Å². The number of benzene rings is 4. The molecule has 0 bridgehead atoms. The molecule has 0 amide bonds. The number of nitrogens with one attached hydrogen (secondary N) is 1. The Hall–Kier alpha value is -4.82. The molecule has 2 aromatic heterocycles. The van der Waals surface area contributed by atoms with Gasteiger partial charge in [0, 0.05) is 17.0 Å². The summed E-state index contributed by atoms with van der Waals surface area (Å²) in [5.41, 5.74) is 5.49. The number of H-pyrrole nitrogens is 1. The van der Waals surface area contributed by atoms with Gasteiger partial charge in [0.1, 0.15) is 18.2 Å². The monoisotopic (exact) mass is 576 g/mol. The van der Waals surface area contributed by atoms with Crippen LogP contribution in [-0.2, 0) is 19.6 Å². The maximum absolute atomic E-state index is 13.9. The summed E-state index contributed by atoms with van der Waals surface area (Å²) in [6.45, 7) is 2.90. The van der Waals surface area contributed by atoms with Crippen molar-refractivity contribution in [1.82, 2.24) is 30.2 Å². The largest absolute Gasteiger partial charge is 0.489 e. The quantitative estimate of drug-likeness (QED) is 0.191. The number of tetrazole rings is 1. The molecule has 4 aromatic carbocycles. The molecule has 42 heavy (non-hydrogen) atoms. The highest BCUT2D eigenvalue weighted by atomic mass is 35.5. The molecule has 9 heteroatoms. The van der Waals surface area contributed by atoms with Gasteiger partial charge in [-0.05, 0) is 70.3 Å². The first kappa shape index (κ1) is 27.4. The van der Waals surface area contributed by atoms with Crippen LogP contribution in [0.25, 0.3) is 33.4 Å². The number of hydrogen-bond acceptors (Lipinski definition) is 6. The summed E-state index contributed by atoms with van der Waals surface area (Å²) < 4.78 is 7.73. The summed E-state index contributed by atoms with van der Waals surface area (Å²) in [5.74, 6) is 2.06. The highest BCUT2D eigenvalue weighted by molar-refractivity contribution is 6.30. The van der Waals surface area contributed by atoms with Gasteiger partial charge in [0.25, 0.3) is 5.56 Å². The molecular weight excluding hydrogens is 548 g/mol. The predicted molar refractivity (Wildman–Crippen MR) is 165 cm³/mol. The first-order valence-corrected chi connectivity index (χ1v) is 14.3. The third-order valence-corrected chi connectivity index (χ3v) is 7.44. The van der Waals surface area contributed by atoms with Crippen molar-refractivity contribution in [3.63, 3.8) is 0 Å². The molecule has 0 saturated carbocycles. The Kier molecular flexibility index (Phi) is 8.05. The van der Waals surface area contributed by atoms with Crippen molar-refractivity contribution < 1.29 is 4.74 Å². The van der Waals surface area contributed by atoms with Crippen molar-refractivity contribution in [2.75, 3.05) is 0 Å². The Balaban J connectivity index is 1.30. The summed E-state index contributed by atoms with van der Waals surface area (Å²) in [5, 5.41) is 15.7. The average molecular weight is 577 g/mol. The fourth-order valence-corrected chi connectivity index (χ4v) is 5.09. The third-order valence-electron chi connectivity index (χ3n) is 7.19. The van der Waals surface area contributed by atoms with Gasteiger partial charge < -0.3 is 4.74 Å². The molecule has 0 aliphatic heterocycles. The smallest absolute Gasteiger partial charge is 0.261 e. The molecule has 0 spiro atoms. The van der Waals surface area contributed by atoms with Crippen LogP contribution in [0.3, 0.4) is 0 Å². The van der Waals surface area contributed by atoms with Crippen LogP contribution in [0.4, 0.5) is 0 Å². The number of aromatic amines is 1. The number of aryl methyl sites for hydroxylation is 1. The fourth-order valence-electron chi connectivity index (χ4n) is 4.97. The number of nitrogens with zero attached hydrogens (tertiary/aromatic N) is 5. The maximum Gasteiger partial charge on any atom is 0.261 e. The van der Waals surface area contributed by atoms with Crippen LogP contribution in [0.5, 0.6) is 5.75 Å². The van der Waals surface area contributed by atoms with E-state index in [-0.39, 0.29) is 5.56 Å². The number of hydrogen-bond donors (Lipinski definition) is 1. The zero-order valence-electron chi connectivity index (χ0n) is 23.1. The molecule has 6 aromatic rings. The Morgan fingerprint density at radius 1 is 0.905 bits per heavy atom. The molecule has 6 rings (SSSR count). The summed E-state index contributed by atoms with van der Waals surface area (Å²) in [6.07, 6.45) is 2.71. The van der Waals surface area contributed by atoms with E-state index < -0.39 is 0 Å². The predicted octanol–water partition coefficient (Wildman–Crippen LogP) is 6.87. The standard InChI is InChI=1S/C33H29ClN6O2/c1-2-3-8-31-35-30-18-11-23(21-42-26-16-14-25(34)15-17-26)19-29(30)33(41)40(31)20-22-9-12-24(13-10-22)27-6-4-5-7-28(27)32-36-38-39-37-32/h4-7,9-19H,2-3,8,20-21H2,1H3,(H,36,37,38,39). The zero-order valence-corrected chi connectivity index (χ0v) is 23.9. The normalized spacial score (nSPS) is 11.2. The van der Waals surface area contributed by atoms with Gasteiger partial charge in [0.15, 0.2) is 0 Å². The second-order valence-electron chi connectivity index (χ2n) is 10.1. The van der Waals surface area contributed by atoms with E-state index in [9.17, 15) is 4.79 Å². The first-order valence-electron chi connectivity index (χ1n) is 13.9. The van der Waals surface area contributed by atoms with E-state index in [1.165, 1.54) is 0 Å². The number of ether oxygens (including phenoxy) is 1. The van der Waals surface area contributed by atoms with Gasteiger partial charge >= 0.3 is 0 Å². The van der Waals surface area contributed by atoms with Crippen molar-refractivity contribution in [2.45, 2.75) is 39.3 Å². The van der Waals surface area contributed by atoms with Gasteiger partial charge in [0.2, 0.25) is 5.82 Å². The Labute approximate surface area is 248 Å². The molecular formula is C33H29ClN6O2. The molecule has 0 aliphatic carbocycles. The minimum Gasteiger partial charge on any atom is -0.489 e. The van der Waals surface area contributed by atoms with Gasteiger partial charge in [-0.25, -0.2) is 4.98 Å². The fraction of sp³-hybridized carbons (Fsp3) is 0.182. The van der Waals surface area contributed by atoms with E-state index >= 15 is 0 Å². The van der Waals surface area contributed by atoms with Crippen molar-refractivity contribution in [1.29, 1.82) is 0 Å². The Bertz CT molecular complexity index is 1870. The lowest BCUT2D eigenvalue weighted by Crippen LogP contribution is -2.26. The molecule has 8 nitrogen and oxygen atoms in total. The first-order chi connectivity index (χ1) is 20.6. The minimum atomic E-state index is -0.0500. The van der Waals surface area contributed by atoms with Crippen LogP contribution in [-0.4, -0.2) is 30.2 Å².